The van der Waals surface area contributed by atoms with Crippen LogP contribution in [0.25, 0.3) is 11.0 Å². The van der Waals surface area contributed by atoms with Crippen molar-refractivity contribution in [2.24, 2.45) is 0 Å². The first-order valence-corrected chi connectivity index (χ1v) is 13.0. The number of hydrogen-bond donors (Lipinski definition) is 3. The van der Waals surface area contributed by atoms with Crippen LogP contribution in [-0.4, -0.2) is 69.1 Å². The lowest BCUT2D eigenvalue weighted by Crippen LogP contribution is -2.30. The van der Waals surface area contributed by atoms with Crippen LogP contribution < -0.4 is 21.3 Å². The van der Waals surface area contributed by atoms with Gasteiger partial charge in [-0.2, -0.15) is 4.98 Å². The van der Waals surface area contributed by atoms with Gasteiger partial charge in [0.15, 0.2) is 17.5 Å². The Morgan fingerprint density at radius 3 is 2.64 bits per heavy atom. The summed E-state index contributed by atoms with van der Waals surface area (Å²) in [6, 6.07) is 7.13. The largest absolute Gasteiger partial charge is 0.382 e. The van der Waals surface area contributed by atoms with Crippen molar-refractivity contribution in [3.8, 4) is 0 Å². The van der Waals surface area contributed by atoms with Gasteiger partial charge in [0.05, 0.1) is 0 Å². The highest BCUT2D eigenvalue weighted by Crippen LogP contribution is 2.29. The van der Waals surface area contributed by atoms with E-state index in [0.717, 1.165) is 38.2 Å². The average molecular weight is 531 g/mol. The Labute approximate surface area is 227 Å². The number of nitrogens with zero attached hydrogens (tertiary/aromatic N) is 7. The SMILES string of the molecule is Cc1ccc(C(=O)Nc2cc(C(C)(C)C)on2)cc1Nc1ncnc2c(N)nc(N3CCCN(C)CC3)nc12. The third kappa shape index (κ3) is 5.75. The lowest BCUT2D eigenvalue weighted by atomic mass is 9.93. The summed E-state index contributed by atoms with van der Waals surface area (Å²) in [6.07, 6.45) is 2.43. The monoisotopic (exact) mass is 530 g/mol. The zero-order valence-corrected chi connectivity index (χ0v) is 22.9. The number of aryl methyl sites for hydroxylation is 1. The summed E-state index contributed by atoms with van der Waals surface area (Å²) in [5, 5.41) is 10.1. The van der Waals surface area contributed by atoms with Crippen LogP contribution in [0.1, 0.15) is 48.9 Å². The Morgan fingerprint density at radius 2 is 1.87 bits per heavy atom. The Hall–Kier alpha value is -4.32. The molecule has 5 rings (SSSR count). The third-order valence-electron chi connectivity index (χ3n) is 6.74. The van der Waals surface area contributed by atoms with Crippen LogP contribution in [0.5, 0.6) is 0 Å². The molecule has 1 fully saturated rings. The average Bonchev–Trinajstić information content (AvgIpc) is 3.26. The molecule has 1 amide bonds. The van der Waals surface area contributed by atoms with E-state index in [1.807, 2.05) is 33.8 Å². The van der Waals surface area contributed by atoms with Gasteiger partial charge >= 0.3 is 0 Å². The maximum absolute atomic E-state index is 13.0. The Morgan fingerprint density at radius 1 is 1.05 bits per heavy atom. The normalized spacial score (nSPS) is 14.8. The van der Waals surface area contributed by atoms with E-state index in [1.54, 1.807) is 18.2 Å². The minimum Gasteiger partial charge on any atom is -0.382 e. The fraction of sp³-hybridized carbons (Fsp3) is 0.407. The summed E-state index contributed by atoms with van der Waals surface area (Å²) in [6.45, 7) is 11.6. The summed E-state index contributed by atoms with van der Waals surface area (Å²) in [5.41, 5.74) is 9.16. The number of nitrogen functional groups attached to an aromatic ring is 1. The second-order valence-electron chi connectivity index (χ2n) is 10.9. The number of hydrogen-bond acceptors (Lipinski definition) is 11. The summed E-state index contributed by atoms with van der Waals surface area (Å²) >= 11 is 0. The van der Waals surface area contributed by atoms with Crippen molar-refractivity contribution >= 4 is 46.0 Å². The quantitative estimate of drug-likeness (QED) is 0.346. The van der Waals surface area contributed by atoms with Crippen LogP contribution in [0.2, 0.25) is 0 Å². The fourth-order valence-corrected chi connectivity index (χ4v) is 4.34. The number of rotatable bonds is 5. The first-order chi connectivity index (χ1) is 18.6. The van der Waals surface area contributed by atoms with Crippen LogP contribution in [-0.2, 0) is 5.41 Å². The van der Waals surface area contributed by atoms with Crippen LogP contribution in [0.15, 0.2) is 35.1 Å². The smallest absolute Gasteiger partial charge is 0.256 e. The first kappa shape index (κ1) is 26.3. The molecule has 12 heteroatoms. The standard InChI is InChI=1S/C27H34N10O2/c1-16-7-8-17(25(38)32-20-14-19(39-35-20)27(2,3)4)13-18(16)31-24-22-21(29-15-30-24)23(28)34-26(33-22)37-10-6-9-36(5)11-12-37/h7-8,13-15H,6,9-12H2,1-5H3,(H2,28,33,34)(H,29,30,31)(H,32,35,38). The molecule has 0 radical (unpaired) electrons. The summed E-state index contributed by atoms with van der Waals surface area (Å²) < 4.78 is 5.38. The molecule has 4 heterocycles. The van der Waals surface area contributed by atoms with E-state index >= 15 is 0 Å². The number of benzene rings is 1. The van der Waals surface area contributed by atoms with Crippen molar-refractivity contribution < 1.29 is 9.32 Å². The van der Waals surface area contributed by atoms with Gasteiger partial charge in [0.2, 0.25) is 5.95 Å². The Kier molecular flexibility index (Phi) is 7.04. The van der Waals surface area contributed by atoms with Crippen molar-refractivity contribution in [3.05, 3.63) is 47.5 Å². The lowest BCUT2D eigenvalue weighted by Gasteiger charge is -2.21. The van der Waals surface area contributed by atoms with Gasteiger partial charge in [-0.15, -0.1) is 0 Å². The van der Waals surface area contributed by atoms with Crippen LogP contribution in [0.4, 0.5) is 29.1 Å². The molecule has 4 aromatic rings. The summed E-state index contributed by atoms with van der Waals surface area (Å²) in [5.74, 6) is 2.08. The van der Waals surface area contributed by atoms with E-state index < -0.39 is 0 Å². The molecular formula is C27H34N10O2. The lowest BCUT2D eigenvalue weighted by molar-refractivity contribution is 0.102. The van der Waals surface area contributed by atoms with Gasteiger partial charge in [0.1, 0.15) is 23.1 Å². The van der Waals surface area contributed by atoms with E-state index in [1.165, 1.54) is 6.33 Å². The molecule has 0 bridgehead atoms. The molecule has 0 aliphatic carbocycles. The molecule has 12 nitrogen and oxygen atoms in total. The summed E-state index contributed by atoms with van der Waals surface area (Å²) in [4.78, 5) is 35.6. The number of carbonyl (C=O) groups excluding carboxylic acids is 1. The molecule has 0 saturated carbocycles. The second kappa shape index (κ2) is 10.4. The minimum atomic E-state index is -0.306. The summed E-state index contributed by atoms with van der Waals surface area (Å²) in [7, 11) is 2.11. The highest BCUT2D eigenvalue weighted by atomic mass is 16.5. The highest BCUT2D eigenvalue weighted by molar-refractivity contribution is 6.04. The molecular weight excluding hydrogens is 496 g/mol. The topological polar surface area (TPSA) is 151 Å². The van der Waals surface area contributed by atoms with Crippen molar-refractivity contribution in [1.82, 2.24) is 30.0 Å². The minimum absolute atomic E-state index is 0.215. The first-order valence-electron chi connectivity index (χ1n) is 13.0. The zero-order chi connectivity index (χ0) is 27.7. The van der Waals surface area contributed by atoms with Gasteiger partial charge in [-0.1, -0.05) is 32.0 Å². The van der Waals surface area contributed by atoms with Crippen molar-refractivity contribution in [1.29, 1.82) is 0 Å². The molecule has 1 aliphatic rings. The van der Waals surface area contributed by atoms with E-state index in [-0.39, 0.29) is 11.3 Å². The highest BCUT2D eigenvalue weighted by Gasteiger charge is 2.22. The van der Waals surface area contributed by atoms with Gasteiger partial charge in [0, 0.05) is 42.4 Å². The van der Waals surface area contributed by atoms with Gasteiger partial charge < -0.3 is 30.7 Å². The molecule has 0 spiro atoms. The number of likely N-dealkylation sites (N-methyl/N-ethyl adjacent to an activating group) is 1. The van der Waals surface area contributed by atoms with Crippen LogP contribution >= 0.6 is 0 Å². The molecule has 4 N–H and O–H groups in total. The molecule has 1 aliphatic heterocycles. The van der Waals surface area contributed by atoms with E-state index in [9.17, 15) is 4.79 Å². The van der Waals surface area contributed by atoms with Gasteiger partial charge in [0.25, 0.3) is 5.91 Å². The maximum atomic E-state index is 13.0. The third-order valence-corrected chi connectivity index (χ3v) is 6.74. The number of nitrogens with one attached hydrogen (secondary N) is 2. The number of fused-ring (bicyclic) bond motifs is 1. The predicted octanol–water partition coefficient (Wildman–Crippen LogP) is 3.73. The van der Waals surface area contributed by atoms with Crippen molar-refractivity contribution in [2.45, 2.75) is 39.5 Å². The van der Waals surface area contributed by atoms with Gasteiger partial charge in [-0.25, -0.2) is 15.0 Å². The molecule has 3 aromatic heterocycles. The van der Waals surface area contributed by atoms with E-state index in [0.29, 0.717) is 51.4 Å². The molecule has 0 unspecified atom stereocenters. The molecule has 1 aromatic carbocycles. The van der Waals surface area contributed by atoms with E-state index in [4.69, 9.17) is 15.2 Å². The number of anilines is 5. The Bertz CT molecular complexity index is 1510. The molecule has 1 saturated heterocycles. The van der Waals surface area contributed by atoms with Crippen LogP contribution in [0, 0.1) is 6.92 Å². The number of nitrogens with two attached hydrogens (primary N) is 1. The maximum Gasteiger partial charge on any atom is 0.256 e. The number of carbonyl (C=O) groups is 1. The van der Waals surface area contributed by atoms with Gasteiger partial charge in [-0.3, -0.25) is 4.79 Å². The second-order valence-corrected chi connectivity index (χ2v) is 10.9. The number of amides is 1. The molecule has 204 valence electrons. The van der Waals surface area contributed by atoms with Gasteiger partial charge in [-0.05, 0) is 44.6 Å². The van der Waals surface area contributed by atoms with Crippen molar-refractivity contribution in [2.75, 3.05) is 54.5 Å². The van der Waals surface area contributed by atoms with Crippen molar-refractivity contribution in [3.63, 3.8) is 0 Å². The molecule has 39 heavy (non-hydrogen) atoms. The van der Waals surface area contributed by atoms with E-state index in [2.05, 4.69) is 47.6 Å². The fourth-order valence-electron chi connectivity index (χ4n) is 4.34. The number of aromatic nitrogens is 5. The van der Waals surface area contributed by atoms with Crippen LogP contribution in [0.3, 0.4) is 0 Å². The molecule has 0 atom stereocenters. The Balaban J connectivity index is 1.42. The zero-order valence-electron chi connectivity index (χ0n) is 22.9. The predicted molar refractivity (Wildman–Crippen MR) is 151 cm³/mol.